The summed E-state index contributed by atoms with van der Waals surface area (Å²) in [7, 11) is 0. The summed E-state index contributed by atoms with van der Waals surface area (Å²) in [5, 5.41) is 2.26. The molecule has 2 aromatic rings. The number of halogens is 1. The predicted molar refractivity (Wildman–Crippen MR) is 75.3 cm³/mol. The molecule has 1 aromatic carbocycles. The van der Waals surface area contributed by atoms with Gasteiger partial charge in [0.2, 0.25) is 0 Å². The number of amides is 1. The van der Waals surface area contributed by atoms with Crippen LogP contribution in [0, 0.1) is 0 Å². The zero-order valence-corrected chi connectivity index (χ0v) is 11.7. The van der Waals surface area contributed by atoms with Crippen LogP contribution in [0.25, 0.3) is 0 Å². The second-order valence-electron chi connectivity index (χ2n) is 4.31. The average Bonchev–Trinajstić information content (AvgIpc) is 2.92. The Hall–Kier alpha value is -1.59. The van der Waals surface area contributed by atoms with E-state index in [1.54, 1.807) is 21.9 Å². The molecule has 0 saturated heterocycles. The number of carbonyl (C=O) groups is 1. The fourth-order valence-corrected chi connectivity index (χ4v) is 2.81. The van der Waals surface area contributed by atoms with Gasteiger partial charge in [-0.25, -0.2) is 4.98 Å². The van der Waals surface area contributed by atoms with E-state index in [1.165, 1.54) is 11.3 Å². The van der Waals surface area contributed by atoms with Crippen LogP contribution in [0.4, 0.5) is 5.69 Å². The average molecular weight is 295 g/mol. The maximum atomic E-state index is 12.5. The Bertz CT molecular complexity index is 615. The van der Waals surface area contributed by atoms with Crippen LogP contribution in [-0.2, 0) is 0 Å². The lowest BCUT2D eigenvalue weighted by atomic mass is 10.2. The molecule has 0 unspecified atom stereocenters. The lowest BCUT2D eigenvalue weighted by Crippen LogP contribution is -2.42. The fourth-order valence-electron chi connectivity index (χ4n) is 2.07. The Labute approximate surface area is 119 Å². The van der Waals surface area contributed by atoms with Crippen LogP contribution in [0.1, 0.15) is 17.4 Å². The molecule has 0 bridgehead atoms. The van der Waals surface area contributed by atoms with E-state index < -0.39 is 0 Å². The molecule has 98 valence electrons. The van der Waals surface area contributed by atoms with Gasteiger partial charge in [0.25, 0.3) is 5.91 Å². The van der Waals surface area contributed by atoms with Crippen molar-refractivity contribution in [2.75, 3.05) is 11.4 Å². The Morgan fingerprint density at radius 3 is 3.16 bits per heavy atom. The molecule has 1 aromatic heterocycles. The first-order chi connectivity index (χ1) is 9.16. The highest BCUT2D eigenvalue weighted by atomic mass is 35.5. The van der Waals surface area contributed by atoms with Gasteiger partial charge in [0.15, 0.2) is 5.75 Å². The summed E-state index contributed by atoms with van der Waals surface area (Å²) >= 11 is 7.53. The Balaban J connectivity index is 2.04. The van der Waals surface area contributed by atoms with E-state index in [1.807, 2.05) is 19.1 Å². The van der Waals surface area contributed by atoms with E-state index in [0.29, 0.717) is 28.7 Å². The highest BCUT2D eigenvalue weighted by Crippen LogP contribution is 2.39. The molecule has 0 radical (unpaired) electrons. The Kier molecular flexibility index (Phi) is 3.16. The minimum atomic E-state index is -0.125. The lowest BCUT2D eigenvalue weighted by molar-refractivity contribution is 0.0957. The van der Waals surface area contributed by atoms with Gasteiger partial charge in [-0.15, -0.1) is 11.3 Å². The number of fused-ring (bicyclic) bond motifs is 1. The van der Waals surface area contributed by atoms with Crippen molar-refractivity contribution in [1.29, 1.82) is 0 Å². The minimum absolute atomic E-state index is 0.102. The van der Waals surface area contributed by atoms with Gasteiger partial charge < -0.3 is 4.74 Å². The third kappa shape index (κ3) is 2.19. The van der Waals surface area contributed by atoms with Gasteiger partial charge in [-0.1, -0.05) is 17.7 Å². The van der Waals surface area contributed by atoms with E-state index in [2.05, 4.69) is 4.98 Å². The summed E-state index contributed by atoms with van der Waals surface area (Å²) in [5.74, 6) is 0.436. The summed E-state index contributed by atoms with van der Waals surface area (Å²) in [4.78, 5) is 18.2. The smallest absolute Gasteiger partial charge is 0.277 e. The molecule has 3 rings (SSSR count). The van der Waals surface area contributed by atoms with Gasteiger partial charge in [0.1, 0.15) is 11.8 Å². The van der Waals surface area contributed by atoms with E-state index in [-0.39, 0.29) is 12.0 Å². The van der Waals surface area contributed by atoms with Crippen LogP contribution >= 0.6 is 22.9 Å². The van der Waals surface area contributed by atoms with E-state index in [4.69, 9.17) is 16.3 Å². The summed E-state index contributed by atoms with van der Waals surface area (Å²) in [6.07, 6.45) is -0.102. The summed E-state index contributed by atoms with van der Waals surface area (Å²) in [5.41, 5.74) is 2.80. The maximum absolute atomic E-state index is 12.5. The normalized spacial score (nSPS) is 17.8. The van der Waals surface area contributed by atoms with Crippen LogP contribution in [-0.4, -0.2) is 23.5 Å². The third-order valence-corrected chi connectivity index (χ3v) is 3.78. The van der Waals surface area contributed by atoms with Crippen LogP contribution < -0.4 is 9.64 Å². The first kappa shape index (κ1) is 12.4. The van der Waals surface area contributed by atoms with Crippen molar-refractivity contribution in [1.82, 2.24) is 4.98 Å². The highest BCUT2D eigenvalue weighted by Gasteiger charge is 2.30. The molecule has 1 aliphatic heterocycles. The van der Waals surface area contributed by atoms with E-state index in [9.17, 15) is 4.79 Å². The molecule has 0 spiro atoms. The topological polar surface area (TPSA) is 42.4 Å². The first-order valence-corrected chi connectivity index (χ1v) is 7.14. The van der Waals surface area contributed by atoms with E-state index in [0.717, 1.165) is 0 Å². The number of anilines is 1. The molecule has 0 N–H and O–H groups in total. The van der Waals surface area contributed by atoms with Gasteiger partial charge in [0.05, 0.1) is 22.8 Å². The largest absolute Gasteiger partial charge is 0.485 e. The van der Waals surface area contributed by atoms with Crippen molar-refractivity contribution in [3.05, 3.63) is 39.8 Å². The highest BCUT2D eigenvalue weighted by molar-refractivity contribution is 7.07. The quantitative estimate of drug-likeness (QED) is 0.811. The monoisotopic (exact) mass is 294 g/mol. The number of aromatic nitrogens is 1. The first-order valence-electron chi connectivity index (χ1n) is 5.82. The number of hydrogen-bond acceptors (Lipinski definition) is 4. The summed E-state index contributed by atoms with van der Waals surface area (Å²) in [6.45, 7) is 2.40. The second kappa shape index (κ2) is 4.83. The van der Waals surface area contributed by atoms with Crippen LogP contribution in [0.3, 0.4) is 0 Å². The molecule has 19 heavy (non-hydrogen) atoms. The van der Waals surface area contributed by atoms with E-state index >= 15 is 0 Å². The van der Waals surface area contributed by atoms with Crippen molar-refractivity contribution < 1.29 is 9.53 Å². The van der Waals surface area contributed by atoms with Crippen LogP contribution in [0.15, 0.2) is 29.1 Å². The third-order valence-electron chi connectivity index (χ3n) is 2.89. The van der Waals surface area contributed by atoms with Gasteiger partial charge in [0, 0.05) is 5.38 Å². The number of nitrogens with zero attached hydrogens (tertiary/aromatic N) is 2. The molecule has 1 amide bonds. The lowest BCUT2D eigenvalue weighted by Gasteiger charge is -2.33. The molecule has 0 aliphatic carbocycles. The van der Waals surface area contributed by atoms with Gasteiger partial charge >= 0.3 is 0 Å². The van der Waals surface area contributed by atoms with Gasteiger partial charge in [-0.2, -0.15) is 0 Å². The van der Waals surface area contributed by atoms with Crippen molar-refractivity contribution in [3.8, 4) is 5.75 Å². The number of rotatable bonds is 1. The van der Waals surface area contributed by atoms with Crippen LogP contribution in [0.2, 0.25) is 5.02 Å². The number of thiazole rings is 1. The molecule has 6 heteroatoms. The molecule has 1 aliphatic rings. The predicted octanol–water partition coefficient (Wildman–Crippen LogP) is 3.22. The van der Waals surface area contributed by atoms with Crippen molar-refractivity contribution in [2.24, 2.45) is 0 Å². The van der Waals surface area contributed by atoms with Gasteiger partial charge in [-0.3, -0.25) is 9.69 Å². The molecule has 4 nitrogen and oxygen atoms in total. The molecular formula is C13H11ClN2O2S. The second-order valence-corrected chi connectivity index (χ2v) is 5.43. The molecule has 0 saturated carbocycles. The van der Waals surface area contributed by atoms with Crippen LogP contribution in [0.5, 0.6) is 5.75 Å². The molecular weight excluding hydrogens is 284 g/mol. The Morgan fingerprint density at radius 1 is 1.58 bits per heavy atom. The standard InChI is InChI=1S/C13H11ClN2O2S/c1-8-5-16(13(17)10-6-19-7-15-10)11-4-2-3-9(14)12(11)18-8/h2-4,6-8H,5H2,1H3/t8-/m0/s1. The zero-order chi connectivity index (χ0) is 13.4. The zero-order valence-electron chi connectivity index (χ0n) is 10.2. The Morgan fingerprint density at radius 2 is 2.42 bits per heavy atom. The van der Waals surface area contributed by atoms with Gasteiger partial charge in [-0.05, 0) is 19.1 Å². The molecule has 1 atom stereocenters. The maximum Gasteiger partial charge on any atom is 0.277 e. The molecule has 0 fully saturated rings. The summed E-state index contributed by atoms with van der Waals surface area (Å²) < 4.78 is 5.72. The minimum Gasteiger partial charge on any atom is -0.485 e. The fraction of sp³-hybridized carbons (Fsp3) is 0.231. The summed E-state index contributed by atoms with van der Waals surface area (Å²) in [6, 6.07) is 5.39. The number of ether oxygens (including phenoxy) is 1. The number of para-hydroxylation sites is 1. The SMILES string of the molecule is C[C@H]1CN(C(=O)c2cscn2)c2cccc(Cl)c2O1. The molecule has 2 heterocycles. The number of carbonyl (C=O) groups excluding carboxylic acids is 1. The van der Waals surface area contributed by atoms with Crippen molar-refractivity contribution >= 4 is 34.5 Å². The number of benzene rings is 1. The number of hydrogen-bond donors (Lipinski definition) is 0. The van der Waals surface area contributed by atoms with Crippen molar-refractivity contribution in [3.63, 3.8) is 0 Å². The van der Waals surface area contributed by atoms with Crippen molar-refractivity contribution in [2.45, 2.75) is 13.0 Å².